The van der Waals surface area contributed by atoms with Crippen LogP contribution < -0.4 is 11.1 Å². The van der Waals surface area contributed by atoms with Crippen LogP contribution in [0.2, 0.25) is 0 Å². The number of hydrogen-bond acceptors (Lipinski definition) is 12. The fraction of sp³-hybridized carbons (Fsp3) is 0.559. The van der Waals surface area contributed by atoms with E-state index in [9.17, 15) is 24.3 Å². The van der Waals surface area contributed by atoms with E-state index in [4.69, 9.17) is 29.4 Å². The second kappa shape index (κ2) is 17.9. The molecule has 0 saturated carbocycles. The topological polar surface area (TPSA) is 188 Å². The summed E-state index contributed by atoms with van der Waals surface area (Å²) in [5.41, 5.74) is 5.91. The zero-order valence-electron chi connectivity index (χ0n) is 28.7. The number of aliphatic hydroxyl groups excluding tert-OH is 1. The number of ketones is 2. The van der Waals surface area contributed by atoms with Gasteiger partial charge in [-0.1, -0.05) is 38.2 Å². The molecule has 14 heteroatoms. The van der Waals surface area contributed by atoms with Crippen LogP contribution in [0.1, 0.15) is 40.5 Å². The fourth-order valence-electron chi connectivity index (χ4n) is 5.80. The number of nitrogens with two attached hydrogens (primary N) is 1. The van der Waals surface area contributed by atoms with E-state index in [1.54, 1.807) is 37.1 Å². The number of aliphatic hydroxyl groups is 1. The van der Waals surface area contributed by atoms with E-state index in [0.29, 0.717) is 38.3 Å². The molecule has 14 nitrogen and oxygen atoms in total. The van der Waals surface area contributed by atoms with Crippen molar-refractivity contribution in [2.45, 2.75) is 65.0 Å². The Balaban J connectivity index is 2.15. The van der Waals surface area contributed by atoms with Crippen LogP contribution in [0.25, 0.3) is 0 Å². The first-order chi connectivity index (χ1) is 22.8. The molecule has 4 N–H and O–H groups in total. The Kier molecular flexibility index (Phi) is 14.3. The molecule has 3 rings (SSSR count). The smallest absolute Gasteiger partial charge is 0.405 e. The minimum atomic E-state index is -1.01. The highest BCUT2D eigenvalue weighted by Crippen LogP contribution is 2.31. The van der Waals surface area contributed by atoms with Crippen LogP contribution in [0.3, 0.4) is 0 Å². The number of fused-ring (bicyclic) bond motifs is 2. The van der Waals surface area contributed by atoms with E-state index in [1.165, 1.54) is 40.5 Å². The van der Waals surface area contributed by atoms with E-state index in [-0.39, 0.29) is 40.5 Å². The SMILES string of the molecule is COC1=C2CC(C)CC(OC)C(O)C(C)C=C(C)C(OC(N)=O)C(OC)C=CC=C(C)C(=O)NC(=C(/C=N\N3CCOCC3)C1=O)C2=O. The lowest BCUT2D eigenvalue weighted by atomic mass is 9.84. The molecule has 1 saturated heterocycles. The number of nitrogens with zero attached hydrogens (tertiary/aromatic N) is 2. The molecule has 0 spiro atoms. The summed E-state index contributed by atoms with van der Waals surface area (Å²) in [6.07, 6.45) is 3.60. The minimum absolute atomic E-state index is 0.0933. The molecule has 48 heavy (non-hydrogen) atoms. The Hall–Kier alpha value is -4.11. The number of hydrazone groups is 1. The molecular formula is C34H48N4O10. The van der Waals surface area contributed by atoms with Gasteiger partial charge in [0, 0.05) is 31.3 Å². The summed E-state index contributed by atoms with van der Waals surface area (Å²) in [5, 5.41) is 20.1. The molecule has 6 atom stereocenters. The largest absolute Gasteiger partial charge is 0.492 e. The van der Waals surface area contributed by atoms with Crippen molar-refractivity contribution in [1.82, 2.24) is 10.3 Å². The van der Waals surface area contributed by atoms with E-state index in [2.05, 4.69) is 10.4 Å². The number of allylic oxidation sites excluding steroid dienone is 4. The van der Waals surface area contributed by atoms with Gasteiger partial charge in [0.15, 0.2) is 11.9 Å². The lowest BCUT2D eigenvalue weighted by Gasteiger charge is -2.30. The summed E-state index contributed by atoms with van der Waals surface area (Å²) in [4.78, 5) is 53.2. The Bertz CT molecular complexity index is 1410. The Morgan fingerprint density at radius 1 is 1.10 bits per heavy atom. The average Bonchev–Trinajstić information content (AvgIpc) is 3.06. The summed E-state index contributed by atoms with van der Waals surface area (Å²) in [6, 6.07) is 0. The first-order valence-corrected chi connectivity index (χ1v) is 15.8. The highest BCUT2D eigenvalue weighted by molar-refractivity contribution is 6.32. The van der Waals surface area contributed by atoms with E-state index < -0.39 is 53.9 Å². The number of carbonyl (C=O) groups is 4. The number of morpholine rings is 1. The monoisotopic (exact) mass is 672 g/mol. The number of rotatable bonds is 6. The standard InChI is InChI=1S/C34H48N4O10/c1-19-15-23-29(40)27(24(30(41)32(23)46-7)18-36-38-11-13-47-14-12-38)37-33(42)20(2)9-8-10-25(44-5)31(48-34(35)43)22(4)17-21(3)28(39)26(16-19)45-6/h8-10,17-19,21,25-26,28,31,39H,11-16H2,1-7H3,(H2,35,43)(H,37,42)/b10-8?,20-9?,22-17?,36-18-. The third-order valence-corrected chi connectivity index (χ3v) is 8.48. The maximum absolute atomic E-state index is 14.1. The van der Waals surface area contributed by atoms with Crippen molar-refractivity contribution < 1.29 is 48.0 Å². The van der Waals surface area contributed by atoms with Crippen LogP contribution in [0.4, 0.5) is 4.79 Å². The molecule has 264 valence electrons. The van der Waals surface area contributed by atoms with E-state index in [1.807, 2.05) is 6.92 Å². The van der Waals surface area contributed by atoms with Gasteiger partial charge in [0.1, 0.15) is 11.8 Å². The van der Waals surface area contributed by atoms with Gasteiger partial charge >= 0.3 is 6.09 Å². The number of methoxy groups -OCH3 is 3. The summed E-state index contributed by atoms with van der Waals surface area (Å²) in [6.45, 7) is 8.82. The van der Waals surface area contributed by atoms with Crippen LogP contribution in [-0.2, 0) is 38.1 Å². The van der Waals surface area contributed by atoms with Crippen molar-refractivity contribution in [3.8, 4) is 0 Å². The van der Waals surface area contributed by atoms with Crippen LogP contribution >= 0.6 is 0 Å². The molecule has 1 fully saturated rings. The molecule has 2 aliphatic heterocycles. The molecule has 2 amide bonds. The predicted octanol–water partition coefficient (Wildman–Crippen LogP) is 2.10. The molecule has 3 aliphatic rings. The van der Waals surface area contributed by atoms with E-state index >= 15 is 0 Å². The lowest BCUT2D eigenvalue weighted by Crippen LogP contribution is -2.38. The Labute approximate surface area is 281 Å². The highest BCUT2D eigenvalue weighted by Gasteiger charge is 2.38. The van der Waals surface area contributed by atoms with Gasteiger partial charge in [0.2, 0.25) is 11.6 Å². The van der Waals surface area contributed by atoms with Crippen molar-refractivity contribution in [3.63, 3.8) is 0 Å². The molecule has 2 bridgehead atoms. The minimum Gasteiger partial charge on any atom is -0.492 e. The summed E-state index contributed by atoms with van der Waals surface area (Å²) >= 11 is 0. The second-order valence-corrected chi connectivity index (χ2v) is 12.1. The number of hydrogen-bond donors (Lipinski definition) is 3. The molecular weight excluding hydrogens is 624 g/mol. The molecule has 1 aliphatic carbocycles. The van der Waals surface area contributed by atoms with Gasteiger partial charge in [0.05, 0.1) is 57.4 Å². The van der Waals surface area contributed by atoms with Gasteiger partial charge in [-0.05, 0) is 38.2 Å². The van der Waals surface area contributed by atoms with Crippen molar-refractivity contribution in [3.05, 3.63) is 58.1 Å². The maximum atomic E-state index is 14.1. The van der Waals surface area contributed by atoms with Crippen molar-refractivity contribution >= 4 is 29.8 Å². The van der Waals surface area contributed by atoms with Gasteiger partial charge in [-0.2, -0.15) is 5.10 Å². The van der Waals surface area contributed by atoms with Crippen LogP contribution in [0, 0.1) is 11.8 Å². The molecule has 2 heterocycles. The maximum Gasteiger partial charge on any atom is 0.405 e. The zero-order chi connectivity index (χ0) is 35.5. The van der Waals surface area contributed by atoms with Crippen molar-refractivity contribution in [2.75, 3.05) is 47.6 Å². The summed E-state index contributed by atoms with van der Waals surface area (Å²) in [7, 11) is 4.22. The molecule has 6 unspecified atom stereocenters. The third kappa shape index (κ3) is 9.72. The van der Waals surface area contributed by atoms with E-state index in [0.717, 1.165) is 0 Å². The number of carbonyl (C=O) groups excluding carboxylic acids is 4. The first-order valence-electron chi connectivity index (χ1n) is 15.8. The van der Waals surface area contributed by atoms with Crippen molar-refractivity contribution in [2.24, 2.45) is 22.7 Å². The van der Waals surface area contributed by atoms with Gasteiger partial charge in [0.25, 0.3) is 5.91 Å². The van der Waals surface area contributed by atoms with Gasteiger partial charge in [-0.25, -0.2) is 4.79 Å². The Morgan fingerprint density at radius 2 is 1.79 bits per heavy atom. The number of amides is 2. The molecule has 0 aromatic rings. The molecule has 0 aromatic heterocycles. The van der Waals surface area contributed by atoms with Gasteiger partial charge in [-0.3, -0.25) is 19.4 Å². The Morgan fingerprint density at radius 3 is 2.40 bits per heavy atom. The first kappa shape index (κ1) is 38.3. The second-order valence-electron chi connectivity index (χ2n) is 12.1. The quantitative estimate of drug-likeness (QED) is 0.213. The van der Waals surface area contributed by atoms with Crippen LogP contribution in [0.15, 0.2) is 63.2 Å². The molecule has 0 radical (unpaired) electrons. The number of ether oxygens (including phenoxy) is 5. The number of primary amides is 1. The lowest BCUT2D eigenvalue weighted by molar-refractivity contribution is -0.121. The van der Waals surface area contributed by atoms with Gasteiger partial charge < -0.3 is 39.8 Å². The third-order valence-electron chi connectivity index (χ3n) is 8.48. The average molecular weight is 673 g/mol. The van der Waals surface area contributed by atoms with Crippen LogP contribution in [0.5, 0.6) is 0 Å². The normalized spacial score (nSPS) is 28.8. The van der Waals surface area contributed by atoms with Gasteiger partial charge in [-0.15, -0.1) is 0 Å². The summed E-state index contributed by atoms with van der Waals surface area (Å²) < 4.78 is 27.5. The number of nitrogens with one attached hydrogen (secondary N) is 1. The zero-order valence-corrected chi connectivity index (χ0v) is 28.7. The molecule has 0 aromatic carbocycles. The van der Waals surface area contributed by atoms with Crippen molar-refractivity contribution in [1.29, 1.82) is 0 Å². The highest BCUT2D eigenvalue weighted by atomic mass is 16.6. The number of Topliss-reactive ketones (excluding diaryl/α,β-unsaturated/α-hetero) is 2. The predicted molar refractivity (Wildman–Crippen MR) is 176 cm³/mol. The fourth-order valence-corrected chi connectivity index (χ4v) is 5.80. The van der Waals surface area contributed by atoms with Crippen LogP contribution in [-0.4, -0.2) is 112 Å². The summed E-state index contributed by atoms with van der Waals surface area (Å²) in [5.74, 6) is -2.70.